The number of rotatable bonds is 7. The average molecular weight is 349 g/mol. The van der Waals surface area contributed by atoms with Crippen molar-refractivity contribution in [3.05, 3.63) is 64.6 Å². The van der Waals surface area contributed by atoms with E-state index in [1.54, 1.807) is 6.08 Å². The molecular formula is C22H27N3O. The van der Waals surface area contributed by atoms with Crippen molar-refractivity contribution in [1.82, 2.24) is 14.5 Å². The molecule has 0 unspecified atom stereocenters. The number of aromatic nitrogens is 3. The van der Waals surface area contributed by atoms with E-state index in [1.165, 1.54) is 11.1 Å². The molecule has 2 aromatic heterocycles. The van der Waals surface area contributed by atoms with Crippen LogP contribution in [0, 0.1) is 13.8 Å². The van der Waals surface area contributed by atoms with Gasteiger partial charge < -0.3 is 9.67 Å². The fourth-order valence-electron chi connectivity index (χ4n) is 3.25. The highest BCUT2D eigenvalue weighted by Gasteiger charge is 2.14. The van der Waals surface area contributed by atoms with Gasteiger partial charge >= 0.3 is 0 Å². The van der Waals surface area contributed by atoms with E-state index < -0.39 is 0 Å². The Labute approximate surface area is 155 Å². The molecule has 1 aromatic carbocycles. The van der Waals surface area contributed by atoms with Gasteiger partial charge in [0.2, 0.25) is 0 Å². The normalized spacial score (nSPS) is 11.7. The first-order valence-corrected chi connectivity index (χ1v) is 9.32. The molecule has 0 aliphatic heterocycles. The van der Waals surface area contributed by atoms with Crippen molar-refractivity contribution in [2.75, 3.05) is 6.61 Å². The van der Waals surface area contributed by atoms with E-state index in [9.17, 15) is 0 Å². The van der Waals surface area contributed by atoms with Crippen LogP contribution < -0.4 is 0 Å². The number of hydrogen-bond donors (Lipinski definition) is 1. The fraction of sp³-hybridized carbons (Fsp3) is 0.364. The van der Waals surface area contributed by atoms with Gasteiger partial charge in [0.1, 0.15) is 11.3 Å². The Kier molecular flexibility index (Phi) is 5.84. The molecule has 2 heterocycles. The Bertz CT molecular complexity index is 907. The summed E-state index contributed by atoms with van der Waals surface area (Å²) >= 11 is 0. The smallest absolute Gasteiger partial charge is 0.160 e. The van der Waals surface area contributed by atoms with E-state index in [0.29, 0.717) is 0 Å². The largest absolute Gasteiger partial charge is 0.392 e. The quantitative estimate of drug-likeness (QED) is 0.686. The number of aliphatic hydroxyl groups is 1. The second kappa shape index (κ2) is 8.28. The molecular weight excluding hydrogens is 322 g/mol. The van der Waals surface area contributed by atoms with Crippen molar-refractivity contribution in [3.8, 4) is 0 Å². The number of pyridine rings is 1. The minimum atomic E-state index is 0.0634. The predicted molar refractivity (Wildman–Crippen MR) is 107 cm³/mol. The first kappa shape index (κ1) is 18.3. The molecule has 0 aliphatic rings. The summed E-state index contributed by atoms with van der Waals surface area (Å²) in [4.78, 5) is 9.69. The zero-order valence-electron chi connectivity index (χ0n) is 15.9. The maximum Gasteiger partial charge on any atom is 0.160 e. The lowest BCUT2D eigenvalue weighted by atomic mass is 10.1. The summed E-state index contributed by atoms with van der Waals surface area (Å²) in [6.07, 6.45) is 6.93. The Balaban J connectivity index is 1.98. The maximum absolute atomic E-state index is 8.90. The standard InChI is InChI=1S/C22H27N3O/c1-4-5-8-20-24-21-16(2)14-17(3)23-22(21)25(20)15-19-11-9-18(10-12-19)7-6-13-26/h6-7,9-12,14,26H,4-5,8,13,15H2,1-3H3. The van der Waals surface area contributed by atoms with Crippen molar-refractivity contribution in [1.29, 1.82) is 0 Å². The number of hydrogen-bond acceptors (Lipinski definition) is 3. The molecule has 1 N–H and O–H groups in total. The van der Waals surface area contributed by atoms with Crippen molar-refractivity contribution in [2.24, 2.45) is 0 Å². The minimum absolute atomic E-state index is 0.0634. The van der Waals surface area contributed by atoms with Crippen LogP contribution in [0.25, 0.3) is 17.2 Å². The molecule has 4 heteroatoms. The van der Waals surface area contributed by atoms with Crippen LogP contribution in [-0.2, 0) is 13.0 Å². The molecule has 0 saturated heterocycles. The van der Waals surface area contributed by atoms with Gasteiger partial charge in [-0.05, 0) is 43.0 Å². The number of benzene rings is 1. The van der Waals surface area contributed by atoms with Gasteiger partial charge in [-0.3, -0.25) is 0 Å². The molecule has 0 amide bonds. The molecule has 0 bridgehead atoms. The fourth-order valence-corrected chi connectivity index (χ4v) is 3.25. The molecule has 0 aliphatic carbocycles. The third kappa shape index (κ3) is 4.02. The molecule has 3 aromatic rings. The zero-order valence-corrected chi connectivity index (χ0v) is 15.9. The molecule has 0 saturated carbocycles. The molecule has 0 radical (unpaired) electrons. The number of nitrogens with zero attached hydrogens (tertiary/aromatic N) is 3. The van der Waals surface area contributed by atoms with Crippen LogP contribution in [0.5, 0.6) is 0 Å². The van der Waals surface area contributed by atoms with E-state index in [2.05, 4.69) is 48.7 Å². The summed E-state index contributed by atoms with van der Waals surface area (Å²) in [6, 6.07) is 10.5. The monoisotopic (exact) mass is 349 g/mol. The lowest BCUT2D eigenvalue weighted by molar-refractivity contribution is 0.343. The van der Waals surface area contributed by atoms with Crippen molar-refractivity contribution in [3.63, 3.8) is 0 Å². The van der Waals surface area contributed by atoms with Crippen LogP contribution in [0.2, 0.25) is 0 Å². The van der Waals surface area contributed by atoms with Crippen molar-refractivity contribution in [2.45, 2.75) is 46.6 Å². The van der Waals surface area contributed by atoms with Crippen LogP contribution in [0.1, 0.15) is 48.0 Å². The topological polar surface area (TPSA) is 50.9 Å². The second-order valence-electron chi connectivity index (χ2n) is 6.80. The van der Waals surface area contributed by atoms with Crippen LogP contribution in [0.15, 0.2) is 36.4 Å². The highest BCUT2D eigenvalue weighted by Crippen LogP contribution is 2.22. The zero-order chi connectivity index (χ0) is 18.5. The van der Waals surface area contributed by atoms with Crippen molar-refractivity contribution >= 4 is 17.2 Å². The van der Waals surface area contributed by atoms with Gasteiger partial charge in [0.15, 0.2) is 5.65 Å². The lowest BCUT2D eigenvalue weighted by Gasteiger charge is -2.10. The second-order valence-corrected chi connectivity index (χ2v) is 6.80. The van der Waals surface area contributed by atoms with Gasteiger partial charge in [0, 0.05) is 12.1 Å². The SMILES string of the molecule is CCCCc1nc2c(C)cc(C)nc2n1Cc1ccc(C=CCO)cc1. The highest BCUT2D eigenvalue weighted by molar-refractivity contribution is 5.76. The number of aryl methyl sites for hydroxylation is 3. The van der Waals surface area contributed by atoms with Gasteiger partial charge in [-0.25, -0.2) is 9.97 Å². The van der Waals surface area contributed by atoms with E-state index >= 15 is 0 Å². The summed E-state index contributed by atoms with van der Waals surface area (Å²) in [5, 5.41) is 8.90. The Morgan fingerprint density at radius 1 is 1.12 bits per heavy atom. The van der Waals surface area contributed by atoms with Crippen molar-refractivity contribution < 1.29 is 5.11 Å². The third-order valence-electron chi connectivity index (χ3n) is 4.59. The summed E-state index contributed by atoms with van der Waals surface area (Å²) in [7, 11) is 0. The summed E-state index contributed by atoms with van der Waals surface area (Å²) in [6.45, 7) is 7.20. The lowest BCUT2D eigenvalue weighted by Crippen LogP contribution is -2.06. The molecule has 0 spiro atoms. The molecule has 0 fully saturated rings. The molecule has 26 heavy (non-hydrogen) atoms. The third-order valence-corrected chi connectivity index (χ3v) is 4.59. The van der Waals surface area contributed by atoms with E-state index in [1.807, 2.05) is 13.0 Å². The first-order valence-electron chi connectivity index (χ1n) is 9.32. The van der Waals surface area contributed by atoms with E-state index in [0.717, 1.165) is 54.1 Å². The van der Waals surface area contributed by atoms with E-state index in [4.69, 9.17) is 15.1 Å². The summed E-state index contributed by atoms with van der Waals surface area (Å²) < 4.78 is 2.27. The minimum Gasteiger partial charge on any atom is -0.392 e. The molecule has 0 atom stereocenters. The van der Waals surface area contributed by atoms with Crippen LogP contribution in [0.3, 0.4) is 0 Å². The molecule has 3 rings (SSSR count). The van der Waals surface area contributed by atoms with Gasteiger partial charge in [-0.1, -0.05) is 49.8 Å². The maximum atomic E-state index is 8.90. The number of imidazole rings is 1. The number of aliphatic hydroxyl groups excluding tert-OH is 1. The Morgan fingerprint density at radius 2 is 1.88 bits per heavy atom. The van der Waals surface area contributed by atoms with Gasteiger partial charge in [-0.2, -0.15) is 0 Å². The number of fused-ring (bicyclic) bond motifs is 1. The van der Waals surface area contributed by atoms with Crippen LogP contribution in [-0.4, -0.2) is 26.2 Å². The first-order chi connectivity index (χ1) is 12.6. The van der Waals surface area contributed by atoms with E-state index in [-0.39, 0.29) is 6.61 Å². The highest BCUT2D eigenvalue weighted by atomic mass is 16.2. The average Bonchev–Trinajstić information content (AvgIpc) is 2.97. The van der Waals surface area contributed by atoms with Gasteiger partial charge in [0.25, 0.3) is 0 Å². The van der Waals surface area contributed by atoms with Gasteiger partial charge in [0.05, 0.1) is 13.2 Å². The Morgan fingerprint density at radius 3 is 2.58 bits per heavy atom. The Hall–Kier alpha value is -2.46. The predicted octanol–water partition coefficient (Wildman–Crippen LogP) is 4.44. The summed E-state index contributed by atoms with van der Waals surface area (Å²) in [5.41, 5.74) is 6.54. The van der Waals surface area contributed by atoms with Crippen LogP contribution >= 0.6 is 0 Å². The van der Waals surface area contributed by atoms with Crippen LogP contribution in [0.4, 0.5) is 0 Å². The summed E-state index contributed by atoms with van der Waals surface area (Å²) in [5.74, 6) is 1.12. The number of unbranched alkanes of at least 4 members (excludes halogenated alkanes) is 1. The molecule has 4 nitrogen and oxygen atoms in total. The molecule has 136 valence electrons. The van der Waals surface area contributed by atoms with Gasteiger partial charge in [-0.15, -0.1) is 0 Å².